The number of hydrogen-bond donors (Lipinski definition) is 1. The van der Waals surface area contributed by atoms with Crippen LogP contribution in [0.25, 0.3) is 0 Å². The van der Waals surface area contributed by atoms with Gasteiger partial charge in [0.15, 0.2) is 0 Å². The fraction of sp³-hybridized carbons (Fsp3) is 0.294. The van der Waals surface area contributed by atoms with Crippen LogP contribution in [0.1, 0.15) is 11.1 Å². The average Bonchev–Trinajstić information content (AvgIpc) is 2.50. The number of halogens is 1. The third-order valence-electron chi connectivity index (χ3n) is 3.44. The second-order valence-corrected chi connectivity index (χ2v) is 5.38. The molecule has 2 rings (SSSR count). The van der Waals surface area contributed by atoms with Gasteiger partial charge >= 0.3 is 0 Å². The van der Waals surface area contributed by atoms with E-state index in [9.17, 15) is 0 Å². The molecule has 0 aliphatic heterocycles. The highest BCUT2D eigenvalue weighted by molar-refractivity contribution is 6.31. The maximum atomic E-state index is 6.31. The normalized spacial score (nSPS) is 10.5. The van der Waals surface area contributed by atoms with Crippen molar-refractivity contribution in [2.75, 3.05) is 26.1 Å². The van der Waals surface area contributed by atoms with Crippen molar-refractivity contribution in [3.8, 4) is 5.75 Å². The van der Waals surface area contributed by atoms with E-state index < -0.39 is 0 Å². The molecule has 0 aromatic heterocycles. The van der Waals surface area contributed by atoms with E-state index in [0.717, 1.165) is 35.1 Å². The summed E-state index contributed by atoms with van der Waals surface area (Å²) in [6.45, 7) is 1.57. The number of rotatable bonds is 6. The number of hydrogen-bond acceptors (Lipinski definition) is 3. The number of methoxy groups -OCH3 is 1. The van der Waals surface area contributed by atoms with Crippen LogP contribution in [0.4, 0.5) is 5.69 Å². The first-order chi connectivity index (χ1) is 10.2. The van der Waals surface area contributed by atoms with Gasteiger partial charge in [0.25, 0.3) is 0 Å². The van der Waals surface area contributed by atoms with E-state index in [1.54, 1.807) is 7.11 Å². The van der Waals surface area contributed by atoms with Crippen LogP contribution in [0.5, 0.6) is 5.75 Å². The van der Waals surface area contributed by atoms with Gasteiger partial charge in [-0.2, -0.15) is 0 Å². The van der Waals surface area contributed by atoms with E-state index in [1.807, 2.05) is 31.3 Å². The molecular weight excluding hydrogens is 284 g/mol. The fourth-order valence-corrected chi connectivity index (χ4v) is 2.58. The molecule has 0 bridgehead atoms. The Kier molecular flexibility index (Phi) is 5.48. The molecule has 112 valence electrons. The van der Waals surface area contributed by atoms with Crippen molar-refractivity contribution in [2.45, 2.75) is 13.1 Å². The summed E-state index contributed by atoms with van der Waals surface area (Å²) in [5.74, 6) is 0.875. The minimum atomic E-state index is 0.752. The molecular formula is C17H21ClN2O. The number of ether oxygens (including phenoxy) is 1. The fourth-order valence-electron chi connectivity index (χ4n) is 2.35. The Bertz CT molecular complexity index is 584. The van der Waals surface area contributed by atoms with Crippen molar-refractivity contribution in [2.24, 2.45) is 0 Å². The van der Waals surface area contributed by atoms with Crippen LogP contribution in [0.3, 0.4) is 0 Å². The van der Waals surface area contributed by atoms with Crippen molar-refractivity contribution >= 4 is 17.3 Å². The molecule has 0 atom stereocenters. The first kappa shape index (κ1) is 15.7. The smallest absolute Gasteiger partial charge is 0.118 e. The number of nitrogens with zero attached hydrogens (tertiary/aromatic N) is 1. The second-order valence-electron chi connectivity index (χ2n) is 4.97. The summed E-state index contributed by atoms with van der Waals surface area (Å²) < 4.78 is 5.19. The van der Waals surface area contributed by atoms with Gasteiger partial charge in [0.1, 0.15) is 5.75 Å². The summed E-state index contributed by atoms with van der Waals surface area (Å²) in [6.07, 6.45) is 0. The van der Waals surface area contributed by atoms with Crippen LogP contribution in [-0.2, 0) is 13.1 Å². The van der Waals surface area contributed by atoms with Gasteiger partial charge in [-0.25, -0.2) is 0 Å². The zero-order valence-corrected chi connectivity index (χ0v) is 13.4. The third kappa shape index (κ3) is 3.90. The van der Waals surface area contributed by atoms with Gasteiger partial charge in [-0.3, -0.25) is 0 Å². The number of benzene rings is 2. The molecule has 0 spiro atoms. The van der Waals surface area contributed by atoms with Crippen molar-refractivity contribution in [3.05, 3.63) is 58.6 Å². The van der Waals surface area contributed by atoms with E-state index in [-0.39, 0.29) is 0 Å². The van der Waals surface area contributed by atoms with Gasteiger partial charge in [-0.1, -0.05) is 29.8 Å². The van der Waals surface area contributed by atoms with Crippen molar-refractivity contribution in [1.29, 1.82) is 0 Å². The minimum absolute atomic E-state index is 0.752. The summed E-state index contributed by atoms with van der Waals surface area (Å²) in [6, 6.07) is 14.1. The highest BCUT2D eigenvalue weighted by atomic mass is 35.5. The Morgan fingerprint density at radius 3 is 2.48 bits per heavy atom. The Hall–Kier alpha value is -1.71. The number of anilines is 1. The summed E-state index contributed by atoms with van der Waals surface area (Å²) in [7, 11) is 5.68. The molecule has 2 aromatic carbocycles. The van der Waals surface area contributed by atoms with E-state index in [1.165, 1.54) is 5.56 Å². The Morgan fingerprint density at radius 2 is 1.86 bits per heavy atom. The minimum Gasteiger partial charge on any atom is -0.497 e. The molecule has 0 fully saturated rings. The lowest BCUT2D eigenvalue weighted by Gasteiger charge is -2.23. The third-order valence-corrected chi connectivity index (χ3v) is 3.79. The maximum absolute atomic E-state index is 6.31. The topological polar surface area (TPSA) is 24.5 Å². The first-order valence-corrected chi connectivity index (χ1v) is 7.29. The van der Waals surface area contributed by atoms with Crippen molar-refractivity contribution < 1.29 is 4.74 Å². The highest BCUT2D eigenvalue weighted by Crippen LogP contribution is 2.28. The zero-order chi connectivity index (χ0) is 15.2. The van der Waals surface area contributed by atoms with Gasteiger partial charge in [0.05, 0.1) is 7.11 Å². The molecule has 4 heteroatoms. The summed E-state index contributed by atoms with van der Waals surface area (Å²) >= 11 is 6.31. The quantitative estimate of drug-likeness (QED) is 0.880. The monoisotopic (exact) mass is 304 g/mol. The molecule has 0 radical (unpaired) electrons. The van der Waals surface area contributed by atoms with E-state index in [4.69, 9.17) is 16.3 Å². The van der Waals surface area contributed by atoms with E-state index >= 15 is 0 Å². The van der Waals surface area contributed by atoms with Gasteiger partial charge in [-0.05, 0) is 36.9 Å². The molecule has 21 heavy (non-hydrogen) atoms. The number of nitrogens with one attached hydrogen (secondary N) is 1. The van der Waals surface area contributed by atoms with Crippen LogP contribution in [0, 0.1) is 0 Å². The predicted molar refractivity (Wildman–Crippen MR) is 89.3 cm³/mol. The van der Waals surface area contributed by atoms with Crippen LogP contribution >= 0.6 is 11.6 Å². The van der Waals surface area contributed by atoms with E-state index in [0.29, 0.717) is 0 Å². The molecule has 0 saturated heterocycles. The lowest BCUT2D eigenvalue weighted by molar-refractivity contribution is 0.414. The SMILES string of the molecule is CNCc1c(Cl)cccc1N(C)Cc1ccc(OC)cc1. The van der Waals surface area contributed by atoms with Gasteiger partial charge in [0, 0.05) is 36.4 Å². The van der Waals surface area contributed by atoms with Crippen molar-refractivity contribution in [3.63, 3.8) is 0 Å². The Balaban J connectivity index is 2.19. The van der Waals surface area contributed by atoms with Crippen molar-refractivity contribution in [1.82, 2.24) is 5.32 Å². The first-order valence-electron chi connectivity index (χ1n) is 6.91. The average molecular weight is 305 g/mol. The highest BCUT2D eigenvalue weighted by Gasteiger charge is 2.10. The molecule has 0 unspecified atom stereocenters. The molecule has 0 amide bonds. The predicted octanol–water partition coefficient (Wildman–Crippen LogP) is 3.70. The molecule has 3 nitrogen and oxygen atoms in total. The lowest BCUT2D eigenvalue weighted by atomic mass is 10.1. The van der Waals surface area contributed by atoms with Crippen LogP contribution in [-0.4, -0.2) is 21.2 Å². The largest absolute Gasteiger partial charge is 0.497 e. The van der Waals surface area contributed by atoms with Crippen LogP contribution < -0.4 is 15.0 Å². The van der Waals surface area contributed by atoms with Crippen LogP contribution in [0.2, 0.25) is 5.02 Å². The Labute approximate surface area is 131 Å². The van der Waals surface area contributed by atoms with Crippen LogP contribution in [0.15, 0.2) is 42.5 Å². The summed E-state index contributed by atoms with van der Waals surface area (Å²) in [5, 5.41) is 3.97. The molecule has 0 heterocycles. The molecule has 0 aliphatic carbocycles. The molecule has 0 aliphatic rings. The van der Waals surface area contributed by atoms with Gasteiger partial charge in [0.2, 0.25) is 0 Å². The van der Waals surface area contributed by atoms with Gasteiger partial charge in [-0.15, -0.1) is 0 Å². The van der Waals surface area contributed by atoms with Gasteiger partial charge < -0.3 is 15.0 Å². The molecule has 2 aromatic rings. The zero-order valence-electron chi connectivity index (χ0n) is 12.7. The maximum Gasteiger partial charge on any atom is 0.118 e. The van der Waals surface area contributed by atoms with E-state index in [2.05, 4.69) is 35.5 Å². The Morgan fingerprint density at radius 1 is 1.14 bits per heavy atom. The summed E-state index contributed by atoms with van der Waals surface area (Å²) in [5.41, 5.74) is 3.50. The summed E-state index contributed by atoms with van der Waals surface area (Å²) in [4.78, 5) is 2.21. The molecule has 0 saturated carbocycles. The lowest BCUT2D eigenvalue weighted by Crippen LogP contribution is -2.19. The molecule has 1 N–H and O–H groups in total. The standard InChI is InChI=1S/C17H21ClN2O/c1-19-11-15-16(18)5-4-6-17(15)20(2)12-13-7-9-14(21-3)10-8-13/h4-10,19H,11-12H2,1-3H3. The second kappa shape index (κ2) is 7.34.